The molecular formula is C14H18O3. The Balaban J connectivity index is 2.61. The lowest BCUT2D eigenvalue weighted by atomic mass is 10.2. The molecule has 0 N–H and O–H groups in total. The molecule has 0 aliphatic heterocycles. The predicted octanol–water partition coefficient (Wildman–Crippen LogP) is 3.05. The molecule has 0 aliphatic rings. The number of hydrogen-bond acceptors (Lipinski definition) is 3. The molecule has 0 heterocycles. The van der Waals surface area contributed by atoms with Gasteiger partial charge in [-0.3, -0.25) is 0 Å². The fourth-order valence-electron chi connectivity index (χ4n) is 1.28. The summed E-state index contributed by atoms with van der Waals surface area (Å²) in [7, 11) is 0. The van der Waals surface area contributed by atoms with Gasteiger partial charge in [-0.2, -0.15) is 0 Å². The van der Waals surface area contributed by atoms with Gasteiger partial charge >= 0.3 is 5.97 Å². The van der Waals surface area contributed by atoms with Crippen LogP contribution in [0.15, 0.2) is 30.3 Å². The van der Waals surface area contributed by atoms with Crippen LogP contribution >= 0.6 is 0 Å². The van der Waals surface area contributed by atoms with Gasteiger partial charge in [0.25, 0.3) is 0 Å². The molecule has 0 aromatic heterocycles. The number of esters is 1. The molecule has 0 aliphatic carbocycles. The molecule has 0 bridgehead atoms. The molecule has 0 atom stereocenters. The Kier molecular flexibility index (Phi) is 5.86. The Labute approximate surface area is 102 Å². The molecule has 17 heavy (non-hydrogen) atoms. The van der Waals surface area contributed by atoms with E-state index in [1.165, 1.54) is 6.08 Å². The largest absolute Gasteiger partial charge is 0.494 e. The summed E-state index contributed by atoms with van der Waals surface area (Å²) in [5, 5.41) is 0. The van der Waals surface area contributed by atoms with Crippen LogP contribution in [0.25, 0.3) is 6.08 Å². The van der Waals surface area contributed by atoms with E-state index in [2.05, 4.69) is 6.92 Å². The SMILES string of the molecule is CCCOc1cccc(/C=C/C(=O)OCC)c1. The summed E-state index contributed by atoms with van der Waals surface area (Å²) in [6, 6.07) is 7.60. The second-order valence-corrected chi connectivity index (χ2v) is 3.51. The summed E-state index contributed by atoms with van der Waals surface area (Å²) in [6.07, 6.45) is 4.11. The summed E-state index contributed by atoms with van der Waals surface area (Å²) in [6.45, 7) is 4.93. The van der Waals surface area contributed by atoms with Gasteiger partial charge in [0.15, 0.2) is 0 Å². The van der Waals surface area contributed by atoms with Crippen LogP contribution in [0.4, 0.5) is 0 Å². The Bertz CT molecular complexity index is 383. The van der Waals surface area contributed by atoms with Gasteiger partial charge in [0.1, 0.15) is 5.75 Å². The molecule has 0 spiro atoms. The summed E-state index contributed by atoms with van der Waals surface area (Å²) in [5.41, 5.74) is 0.923. The van der Waals surface area contributed by atoms with Crippen molar-refractivity contribution < 1.29 is 14.3 Å². The lowest BCUT2D eigenvalue weighted by molar-refractivity contribution is -0.137. The number of ether oxygens (including phenoxy) is 2. The van der Waals surface area contributed by atoms with Crippen molar-refractivity contribution in [3.05, 3.63) is 35.9 Å². The Hall–Kier alpha value is -1.77. The van der Waals surface area contributed by atoms with Crippen molar-refractivity contribution in [2.24, 2.45) is 0 Å². The minimum absolute atomic E-state index is 0.327. The summed E-state index contributed by atoms with van der Waals surface area (Å²) >= 11 is 0. The van der Waals surface area contributed by atoms with E-state index < -0.39 is 0 Å². The number of carbonyl (C=O) groups is 1. The van der Waals surface area contributed by atoms with Crippen LogP contribution in [0.1, 0.15) is 25.8 Å². The molecule has 0 unspecified atom stereocenters. The first-order valence-corrected chi connectivity index (χ1v) is 5.84. The minimum Gasteiger partial charge on any atom is -0.494 e. The lowest BCUT2D eigenvalue weighted by Gasteiger charge is -2.04. The average molecular weight is 234 g/mol. The van der Waals surface area contributed by atoms with Crippen molar-refractivity contribution in [3.8, 4) is 5.75 Å². The second-order valence-electron chi connectivity index (χ2n) is 3.51. The normalized spacial score (nSPS) is 10.5. The molecular weight excluding hydrogens is 216 g/mol. The lowest BCUT2D eigenvalue weighted by Crippen LogP contribution is -1.98. The maximum atomic E-state index is 11.1. The van der Waals surface area contributed by atoms with Crippen molar-refractivity contribution >= 4 is 12.0 Å². The topological polar surface area (TPSA) is 35.5 Å². The Morgan fingerprint density at radius 1 is 1.35 bits per heavy atom. The first-order valence-electron chi connectivity index (χ1n) is 5.84. The van der Waals surface area contributed by atoms with Crippen LogP contribution in [0.3, 0.4) is 0 Å². The van der Waals surface area contributed by atoms with Crippen LogP contribution in [0.2, 0.25) is 0 Å². The van der Waals surface area contributed by atoms with Crippen LogP contribution in [-0.2, 0) is 9.53 Å². The van der Waals surface area contributed by atoms with Crippen LogP contribution in [0.5, 0.6) is 5.75 Å². The quantitative estimate of drug-likeness (QED) is 0.560. The van der Waals surface area contributed by atoms with Gasteiger partial charge in [-0.05, 0) is 37.1 Å². The maximum Gasteiger partial charge on any atom is 0.330 e. The fraction of sp³-hybridized carbons (Fsp3) is 0.357. The van der Waals surface area contributed by atoms with Gasteiger partial charge < -0.3 is 9.47 Å². The van der Waals surface area contributed by atoms with E-state index in [1.54, 1.807) is 13.0 Å². The molecule has 1 rings (SSSR count). The van der Waals surface area contributed by atoms with Gasteiger partial charge in [0.05, 0.1) is 13.2 Å². The molecule has 0 saturated carbocycles. The number of rotatable bonds is 6. The number of hydrogen-bond donors (Lipinski definition) is 0. The highest BCUT2D eigenvalue weighted by atomic mass is 16.5. The van der Waals surface area contributed by atoms with E-state index in [0.717, 1.165) is 17.7 Å². The van der Waals surface area contributed by atoms with Crippen molar-refractivity contribution in [2.45, 2.75) is 20.3 Å². The summed E-state index contributed by atoms with van der Waals surface area (Å²) in [5.74, 6) is 0.491. The summed E-state index contributed by atoms with van der Waals surface area (Å²) in [4.78, 5) is 11.1. The van der Waals surface area contributed by atoms with E-state index in [9.17, 15) is 4.79 Å². The third-order valence-electron chi connectivity index (χ3n) is 2.03. The second kappa shape index (κ2) is 7.49. The van der Waals surface area contributed by atoms with Gasteiger partial charge in [-0.15, -0.1) is 0 Å². The molecule has 1 aromatic rings. The van der Waals surface area contributed by atoms with Crippen LogP contribution in [0, 0.1) is 0 Å². The molecule has 1 aromatic carbocycles. The number of benzene rings is 1. The number of carbonyl (C=O) groups excluding carboxylic acids is 1. The van der Waals surface area contributed by atoms with Crippen molar-refractivity contribution in [3.63, 3.8) is 0 Å². The van der Waals surface area contributed by atoms with E-state index in [0.29, 0.717) is 13.2 Å². The van der Waals surface area contributed by atoms with Gasteiger partial charge in [-0.25, -0.2) is 4.79 Å². The van der Waals surface area contributed by atoms with Crippen molar-refractivity contribution in [1.82, 2.24) is 0 Å². The van der Waals surface area contributed by atoms with E-state index in [4.69, 9.17) is 9.47 Å². The monoisotopic (exact) mass is 234 g/mol. The predicted molar refractivity (Wildman–Crippen MR) is 67.9 cm³/mol. The Morgan fingerprint density at radius 3 is 2.88 bits per heavy atom. The van der Waals surface area contributed by atoms with Gasteiger partial charge in [-0.1, -0.05) is 19.1 Å². The highest BCUT2D eigenvalue weighted by Crippen LogP contribution is 2.14. The zero-order valence-electron chi connectivity index (χ0n) is 10.3. The molecule has 0 saturated heterocycles. The highest BCUT2D eigenvalue weighted by molar-refractivity contribution is 5.87. The average Bonchev–Trinajstić information content (AvgIpc) is 2.35. The fourth-order valence-corrected chi connectivity index (χ4v) is 1.28. The van der Waals surface area contributed by atoms with Crippen LogP contribution < -0.4 is 4.74 Å². The third-order valence-corrected chi connectivity index (χ3v) is 2.03. The van der Waals surface area contributed by atoms with E-state index in [1.807, 2.05) is 24.3 Å². The minimum atomic E-state index is -0.327. The molecule has 0 fully saturated rings. The Morgan fingerprint density at radius 2 is 2.18 bits per heavy atom. The molecule has 3 nitrogen and oxygen atoms in total. The standard InChI is InChI=1S/C14H18O3/c1-3-10-17-13-7-5-6-12(11-13)8-9-14(15)16-4-2/h5-9,11H,3-4,10H2,1-2H3/b9-8+. The molecule has 0 amide bonds. The highest BCUT2D eigenvalue weighted by Gasteiger charge is 1.96. The first-order chi connectivity index (χ1) is 8.26. The van der Waals surface area contributed by atoms with E-state index in [-0.39, 0.29) is 5.97 Å². The molecule has 3 heteroatoms. The van der Waals surface area contributed by atoms with Crippen molar-refractivity contribution in [2.75, 3.05) is 13.2 Å². The maximum absolute atomic E-state index is 11.1. The third kappa shape index (κ3) is 5.20. The zero-order chi connectivity index (χ0) is 12.5. The van der Waals surface area contributed by atoms with Gasteiger partial charge in [0, 0.05) is 6.08 Å². The molecule has 0 radical (unpaired) electrons. The molecule has 92 valence electrons. The first kappa shape index (κ1) is 13.3. The van der Waals surface area contributed by atoms with Gasteiger partial charge in [0.2, 0.25) is 0 Å². The zero-order valence-corrected chi connectivity index (χ0v) is 10.3. The summed E-state index contributed by atoms with van der Waals surface area (Å²) < 4.78 is 10.3. The smallest absolute Gasteiger partial charge is 0.330 e. The van der Waals surface area contributed by atoms with Crippen molar-refractivity contribution in [1.29, 1.82) is 0 Å². The van der Waals surface area contributed by atoms with E-state index >= 15 is 0 Å². The van der Waals surface area contributed by atoms with Crippen LogP contribution in [-0.4, -0.2) is 19.2 Å².